The number of nitro benzene ring substituents is 1. The maximum Gasteiger partial charge on any atom is 0.269 e. The van der Waals surface area contributed by atoms with E-state index in [0.717, 1.165) is 0 Å². The molecule has 1 aromatic rings. The van der Waals surface area contributed by atoms with Crippen LogP contribution in [0.5, 0.6) is 0 Å². The zero-order valence-corrected chi connectivity index (χ0v) is 12.0. The van der Waals surface area contributed by atoms with E-state index in [4.69, 9.17) is 10.1 Å². The van der Waals surface area contributed by atoms with Gasteiger partial charge in [-0.3, -0.25) is 20.3 Å². The third-order valence-corrected chi connectivity index (χ3v) is 3.55. The molecule has 1 aliphatic heterocycles. The Kier molecular flexibility index (Phi) is 4.04. The molecule has 112 valence electrons. The highest BCUT2D eigenvalue weighted by molar-refractivity contribution is 5.99. The highest BCUT2D eigenvalue weighted by atomic mass is 16.6. The van der Waals surface area contributed by atoms with Gasteiger partial charge in [-0.1, -0.05) is 12.1 Å². The predicted molar refractivity (Wildman–Crippen MR) is 77.1 cm³/mol. The van der Waals surface area contributed by atoms with Gasteiger partial charge in [0.2, 0.25) is 5.90 Å². The first-order valence-corrected chi connectivity index (χ1v) is 6.48. The fourth-order valence-corrected chi connectivity index (χ4v) is 2.58. The quantitative estimate of drug-likeness (QED) is 0.680. The summed E-state index contributed by atoms with van der Waals surface area (Å²) in [6.45, 7) is 2.93. The van der Waals surface area contributed by atoms with Crippen molar-refractivity contribution in [3.05, 3.63) is 51.3 Å². The maximum absolute atomic E-state index is 11.9. The molecule has 1 aliphatic rings. The number of nitrogens with zero attached hydrogens (tertiary/aromatic N) is 2. The molecule has 7 heteroatoms. The summed E-state index contributed by atoms with van der Waals surface area (Å²) in [4.78, 5) is 22.1. The van der Waals surface area contributed by atoms with Crippen LogP contribution in [0.4, 0.5) is 5.69 Å². The van der Waals surface area contributed by atoms with Gasteiger partial charge in [-0.05, 0) is 19.4 Å². The number of carbonyl (C=O) groups excluding carboxylic acids is 1. The lowest BCUT2D eigenvalue weighted by Gasteiger charge is -2.30. The third-order valence-electron chi connectivity index (χ3n) is 3.55. The van der Waals surface area contributed by atoms with E-state index in [1.165, 1.54) is 31.2 Å². The molecule has 0 saturated heterocycles. The molecule has 1 heterocycles. The molecular formula is C15H13N3O4. The molecule has 22 heavy (non-hydrogen) atoms. The van der Waals surface area contributed by atoms with Crippen molar-refractivity contribution >= 4 is 17.4 Å². The van der Waals surface area contributed by atoms with Crippen molar-refractivity contribution in [2.75, 3.05) is 0 Å². The number of rotatable bonds is 3. The van der Waals surface area contributed by atoms with Crippen LogP contribution in [0.3, 0.4) is 0 Å². The van der Waals surface area contributed by atoms with Gasteiger partial charge in [-0.15, -0.1) is 0 Å². The minimum absolute atomic E-state index is 0.0792. The number of Topliss-reactive ketones (excluding diaryl/α,β-unsaturated/α-hetero) is 1. The molecule has 2 unspecified atom stereocenters. The zero-order chi connectivity index (χ0) is 16.4. The van der Waals surface area contributed by atoms with E-state index >= 15 is 0 Å². The van der Waals surface area contributed by atoms with Crippen molar-refractivity contribution in [3.63, 3.8) is 0 Å². The number of benzene rings is 1. The smallest absolute Gasteiger partial charge is 0.269 e. The summed E-state index contributed by atoms with van der Waals surface area (Å²) in [6, 6.07) is 7.61. The first kappa shape index (κ1) is 15.4. The van der Waals surface area contributed by atoms with Crippen LogP contribution in [-0.2, 0) is 9.53 Å². The van der Waals surface area contributed by atoms with Crippen LogP contribution in [-0.4, -0.2) is 16.6 Å². The van der Waals surface area contributed by atoms with Crippen molar-refractivity contribution in [1.29, 1.82) is 10.7 Å². The number of nitro groups is 1. The van der Waals surface area contributed by atoms with Crippen LogP contribution >= 0.6 is 0 Å². The summed E-state index contributed by atoms with van der Waals surface area (Å²) >= 11 is 0. The maximum atomic E-state index is 11.9. The monoisotopic (exact) mass is 299 g/mol. The van der Waals surface area contributed by atoms with Crippen molar-refractivity contribution in [2.45, 2.75) is 19.8 Å². The molecule has 1 N–H and O–H groups in total. The summed E-state index contributed by atoms with van der Waals surface area (Å²) in [5, 5.41) is 27.8. The predicted octanol–water partition coefficient (Wildman–Crippen LogP) is 2.69. The van der Waals surface area contributed by atoms with Crippen LogP contribution in [0, 0.1) is 32.8 Å². The van der Waals surface area contributed by atoms with E-state index in [1.807, 2.05) is 6.07 Å². The SMILES string of the molecule is CC(=O)C1=C(C)OC(=N)C(C#N)C1c1ccc([N+](=O)[O-])cc1. The van der Waals surface area contributed by atoms with Gasteiger partial charge in [0.1, 0.15) is 11.7 Å². The van der Waals surface area contributed by atoms with E-state index < -0.39 is 16.8 Å². The molecule has 0 fully saturated rings. The largest absolute Gasteiger partial charge is 0.446 e. The number of ketones is 1. The van der Waals surface area contributed by atoms with Crippen LogP contribution in [0.15, 0.2) is 35.6 Å². The number of non-ortho nitro benzene ring substituents is 1. The molecule has 0 aliphatic carbocycles. The van der Waals surface area contributed by atoms with E-state index in [-0.39, 0.29) is 23.1 Å². The van der Waals surface area contributed by atoms with Gasteiger partial charge in [0.05, 0.1) is 11.0 Å². The van der Waals surface area contributed by atoms with Crippen molar-refractivity contribution in [2.24, 2.45) is 5.92 Å². The van der Waals surface area contributed by atoms with Crippen LogP contribution < -0.4 is 0 Å². The molecule has 0 aromatic heterocycles. The number of carbonyl (C=O) groups is 1. The lowest BCUT2D eigenvalue weighted by Crippen LogP contribution is -2.31. The Morgan fingerprint density at radius 3 is 2.45 bits per heavy atom. The Bertz CT molecular complexity index is 728. The van der Waals surface area contributed by atoms with Crippen molar-refractivity contribution in [3.8, 4) is 6.07 Å². The fourth-order valence-electron chi connectivity index (χ4n) is 2.58. The van der Waals surface area contributed by atoms with Gasteiger partial charge in [0.15, 0.2) is 5.78 Å². The average Bonchev–Trinajstić information content (AvgIpc) is 2.46. The molecule has 1 aromatic carbocycles. The average molecular weight is 299 g/mol. The minimum Gasteiger partial charge on any atom is -0.446 e. The van der Waals surface area contributed by atoms with E-state index in [0.29, 0.717) is 11.1 Å². The molecule has 0 amide bonds. The van der Waals surface area contributed by atoms with Gasteiger partial charge in [0.25, 0.3) is 5.69 Å². The lowest BCUT2D eigenvalue weighted by atomic mass is 9.77. The normalized spacial score (nSPS) is 21.0. The standard InChI is InChI=1S/C15H13N3O4/c1-8(19)13-9(2)22-15(17)12(7-16)14(13)10-3-5-11(6-4-10)18(20)21/h3-6,12,14,17H,1-2H3. The number of nitrogens with one attached hydrogen (secondary N) is 1. The topological polar surface area (TPSA) is 117 Å². The molecule has 2 rings (SSSR count). The van der Waals surface area contributed by atoms with E-state index in [1.54, 1.807) is 6.92 Å². The number of nitriles is 1. The summed E-state index contributed by atoms with van der Waals surface area (Å²) in [5.74, 6) is -1.80. The van der Waals surface area contributed by atoms with E-state index in [2.05, 4.69) is 0 Å². The Balaban J connectivity index is 2.58. The van der Waals surface area contributed by atoms with Crippen LogP contribution in [0.25, 0.3) is 0 Å². The Morgan fingerprint density at radius 1 is 1.41 bits per heavy atom. The van der Waals surface area contributed by atoms with Gasteiger partial charge in [-0.25, -0.2) is 0 Å². The van der Waals surface area contributed by atoms with Crippen molar-refractivity contribution in [1.82, 2.24) is 0 Å². The number of hydrogen-bond acceptors (Lipinski definition) is 6. The van der Waals surface area contributed by atoms with Gasteiger partial charge >= 0.3 is 0 Å². The highest BCUT2D eigenvalue weighted by Gasteiger charge is 2.39. The number of ether oxygens (including phenoxy) is 1. The number of hydrogen-bond donors (Lipinski definition) is 1. The lowest BCUT2D eigenvalue weighted by molar-refractivity contribution is -0.384. The molecule has 0 spiro atoms. The zero-order valence-electron chi connectivity index (χ0n) is 12.0. The Hall–Kier alpha value is -3.01. The molecule has 0 bridgehead atoms. The van der Waals surface area contributed by atoms with E-state index in [9.17, 15) is 20.2 Å². The number of allylic oxidation sites excluding steroid dienone is 2. The summed E-state index contributed by atoms with van der Waals surface area (Å²) < 4.78 is 5.19. The molecular weight excluding hydrogens is 286 g/mol. The second-order valence-electron chi connectivity index (χ2n) is 4.93. The minimum atomic E-state index is -0.941. The fraction of sp³-hybridized carbons (Fsp3) is 0.267. The molecule has 7 nitrogen and oxygen atoms in total. The molecule has 0 saturated carbocycles. The molecule has 0 radical (unpaired) electrons. The van der Waals surface area contributed by atoms with Crippen LogP contribution in [0.1, 0.15) is 25.3 Å². The summed E-state index contributed by atoms with van der Waals surface area (Å²) in [6.07, 6.45) is 0. The second kappa shape index (κ2) is 5.77. The van der Waals surface area contributed by atoms with Gasteiger partial charge < -0.3 is 4.74 Å². The van der Waals surface area contributed by atoms with Crippen LogP contribution in [0.2, 0.25) is 0 Å². The Morgan fingerprint density at radius 2 is 2.00 bits per heavy atom. The third kappa shape index (κ3) is 2.59. The molecule has 2 atom stereocenters. The van der Waals surface area contributed by atoms with Gasteiger partial charge in [-0.2, -0.15) is 5.26 Å². The highest BCUT2D eigenvalue weighted by Crippen LogP contribution is 2.39. The summed E-state index contributed by atoms with van der Waals surface area (Å²) in [5.41, 5.74) is 0.802. The van der Waals surface area contributed by atoms with Gasteiger partial charge in [0, 0.05) is 23.6 Å². The summed E-state index contributed by atoms with van der Waals surface area (Å²) in [7, 11) is 0. The Labute approximate surface area is 126 Å². The first-order chi connectivity index (χ1) is 10.4. The first-order valence-electron chi connectivity index (χ1n) is 6.48. The second-order valence-corrected chi connectivity index (χ2v) is 4.93. The van der Waals surface area contributed by atoms with Crippen molar-refractivity contribution < 1.29 is 14.5 Å².